The van der Waals surface area contributed by atoms with Crippen LogP contribution in [0.3, 0.4) is 0 Å². The fraction of sp³-hybridized carbons (Fsp3) is 0.207. The number of ether oxygens (including phenoxy) is 2. The van der Waals surface area contributed by atoms with Crippen LogP contribution < -0.4 is 19.6 Å². The highest BCUT2D eigenvalue weighted by Crippen LogP contribution is 2.32. The van der Waals surface area contributed by atoms with Gasteiger partial charge in [-0.25, -0.2) is 9.79 Å². The number of benzene rings is 3. The monoisotopic (exact) mass is 498 g/mol. The van der Waals surface area contributed by atoms with Gasteiger partial charge >= 0.3 is 5.97 Å². The molecule has 36 heavy (non-hydrogen) atoms. The zero-order valence-electron chi connectivity index (χ0n) is 20.5. The zero-order valence-corrected chi connectivity index (χ0v) is 21.3. The van der Waals surface area contributed by atoms with Gasteiger partial charge in [0.1, 0.15) is 5.75 Å². The van der Waals surface area contributed by atoms with E-state index in [9.17, 15) is 9.59 Å². The molecule has 0 saturated carbocycles. The third-order valence-corrected chi connectivity index (χ3v) is 7.11. The van der Waals surface area contributed by atoms with Crippen LogP contribution in [0.15, 0.2) is 87.8 Å². The Balaban J connectivity index is 1.73. The van der Waals surface area contributed by atoms with E-state index >= 15 is 0 Å². The van der Waals surface area contributed by atoms with Gasteiger partial charge in [0.15, 0.2) is 4.80 Å². The third-order valence-electron chi connectivity index (χ3n) is 6.13. The molecule has 2 heterocycles. The number of allylic oxidation sites excluding steroid dienone is 1. The number of fused-ring (bicyclic) bond motifs is 2. The number of thiazole rings is 1. The summed E-state index contributed by atoms with van der Waals surface area (Å²) >= 11 is 1.32. The molecule has 1 aliphatic heterocycles. The number of aromatic nitrogens is 1. The second-order valence-corrected chi connectivity index (χ2v) is 9.89. The van der Waals surface area contributed by atoms with Crippen LogP contribution >= 0.6 is 11.3 Å². The fourth-order valence-electron chi connectivity index (χ4n) is 4.48. The summed E-state index contributed by atoms with van der Waals surface area (Å²) in [5.41, 5.74) is 2.43. The molecule has 0 fully saturated rings. The number of carbonyl (C=O) groups is 1. The lowest BCUT2D eigenvalue weighted by molar-refractivity contribution is -0.143. The Labute approximate surface area is 212 Å². The van der Waals surface area contributed by atoms with Gasteiger partial charge in [0.25, 0.3) is 5.56 Å². The smallest absolute Gasteiger partial charge is 0.338 e. The van der Waals surface area contributed by atoms with E-state index in [1.165, 1.54) is 11.3 Å². The lowest BCUT2D eigenvalue weighted by Gasteiger charge is -2.25. The highest BCUT2D eigenvalue weighted by Gasteiger charge is 2.33. The maximum atomic E-state index is 13.8. The van der Waals surface area contributed by atoms with E-state index in [1.54, 1.807) is 32.4 Å². The predicted molar refractivity (Wildman–Crippen MR) is 142 cm³/mol. The number of rotatable bonds is 5. The molecule has 7 heteroatoms. The first-order valence-electron chi connectivity index (χ1n) is 11.7. The minimum atomic E-state index is -0.659. The topological polar surface area (TPSA) is 69.9 Å². The first-order valence-corrected chi connectivity index (χ1v) is 12.5. The largest absolute Gasteiger partial charge is 0.497 e. The van der Waals surface area contributed by atoms with Crippen LogP contribution in [0.5, 0.6) is 5.75 Å². The lowest BCUT2D eigenvalue weighted by Crippen LogP contribution is -2.40. The zero-order chi connectivity index (χ0) is 25.4. The van der Waals surface area contributed by atoms with Crippen molar-refractivity contribution in [3.05, 3.63) is 109 Å². The standard InChI is InChI=1S/C29H26N2O4S/c1-17(2)35-28(33)25-18(3)30-29-31(26(25)20-12-14-22(34-4)15-13-20)27(32)24(36-29)16-21-10-7-9-19-8-5-6-11-23(19)21/h5-17,26H,1-4H3/b24-16+. The van der Waals surface area contributed by atoms with Crippen molar-refractivity contribution in [2.75, 3.05) is 7.11 Å². The van der Waals surface area contributed by atoms with Gasteiger partial charge in [-0.2, -0.15) is 0 Å². The van der Waals surface area contributed by atoms with E-state index in [0.29, 0.717) is 26.4 Å². The molecule has 1 atom stereocenters. The Hall–Kier alpha value is -3.97. The average Bonchev–Trinajstić information content (AvgIpc) is 3.17. The molecule has 1 aromatic heterocycles. The summed E-state index contributed by atoms with van der Waals surface area (Å²) in [5, 5.41) is 2.17. The summed E-state index contributed by atoms with van der Waals surface area (Å²) in [6, 6.07) is 20.8. The molecular formula is C29H26N2O4S. The molecule has 0 N–H and O–H groups in total. The van der Waals surface area contributed by atoms with E-state index < -0.39 is 12.0 Å². The van der Waals surface area contributed by atoms with Gasteiger partial charge in [-0.3, -0.25) is 9.36 Å². The van der Waals surface area contributed by atoms with Crippen LogP contribution in [-0.4, -0.2) is 23.8 Å². The van der Waals surface area contributed by atoms with Crippen LogP contribution in [0.1, 0.15) is 37.9 Å². The van der Waals surface area contributed by atoms with Crippen molar-refractivity contribution in [3.63, 3.8) is 0 Å². The van der Waals surface area contributed by atoms with E-state index in [4.69, 9.17) is 9.47 Å². The van der Waals surface area contributed by atoms with E-state index in [0.717, 1.165) is 21.9 Å². The maximum Gasteiger partial charge on any atom is 0.338 e. The summed E-state index contributed by atoms with van der Waals surface area (Å²) in [7, 11) is 1.60. The average molecular weight is 499 g/mol. The van der Waals surface area contributed by atoms with Gasteiger partial charge in [0, 0.05) is 0 Å². The molecule has 0 saturated heterocycles. The Morgan fingerprint density at radius 3 is 2.50 bits per heavy atom. The molecule has 1 aliphatic rings. The minimum Gasteiger partial charge on any atom is -0.497 e. The third kappa shape index (κ3) is 4.27. The molecule has 5 rings (SSSR count). The number of esters is 1. The van der Waals surface area contributed by atoms with Crippen molar-refractivity contribution in [2.45, 2.75) is 32.9 Å². The number of nitrogens with zero attached hydrogens (tertiary/aromatic N) is 2. The molecule has 182 valence electrons. The molecule has 0 amide bonds. The number of hydrogen-bond acceptors (Lipinski definition) is 6. The van der Waals surface area contributed by atoms with Crippen molar-refractivity contribution in [2.24, 2.45) is 4.99 Å². The summed E-state index contributed by atoms with van der Waals surface area (Å²) < 4.78 is 13.0. The van der Waals surface area contributed by atoms with Crippen LogP contribution in [0.2, 0.25) is 0 Å². The Kier molecular flexibility index (Phi) is 6.33. The minimum absolute atomic E-state index is 0.199. The summed E-state index contributed by atoms with van der Waals surface area (Å²) in [4.78, 5) is 32.3. The van der Waals surface area contributed by atoms with Gasteiger partial charge in [0.2, 0.25) is 0 Å². The van der Waals surface area contributed by atoms with E-state index in [1.807, 2.05) is 72.8 Å². The van der Waals surface area contributed by atoms with Crippen molar-refractivity contribution >= 4 is 34.2 Å². The highest BCUT2D eigenvalue weighted by molar-refractivity contribution is 7.07. The molecule has 1 unspecified atom stereocenters. The van der Waals surface area contributed by atoms with Crippen LogP contribution in [0.4, 0.5) is 0 Å². The van der Waals surface area contributed by atoms with Crippen LogP contribution in [-0.2, 0) is 9.53 Å². The van der Waals surface area contributed by atoms with E-state index in [2.05, 4.69) is 4.99 Å². The van der Waals surface area contributed by atoms with Crippen LogP contribution in [0.25, 0.3) is 16.8 Å². The molecule has 4 aromatic rings. The van der Waals surface area contributed by atoms with Gasteiger partial charge in [-0.1, -0.05) is 65.9 Å². The number of carbonyl (C=O) groups excluding carboxylic acids is 1. The lowest BCUT2D eigenvalue weighted by atomic mass is 9.96. The normalized spacial score (nSPS) is 15.7. The van der Waals surface area contributed by atoms with Gasteiger partial charge < -0.3 is 9.47 Å². The molecular weight excluding hydrogens is 472 g/mol. The quantitative estimate of drug-likeness (QED) is 0.384. The summed E-state index contributed by atoms with van der Waals surface area (Å²) in [6.45, 7) is 5.39. The first-order chi connectivity index (χ1) is 17.4. The second kappa shape index (κ2) is 9.59. The molecule has 6 nitrogen and oxygen atoms in total. The first kappa shape index (κ1) is 23.8. The molecule has 0 radical (unpaired) electrons. The molecule has 0 spiro atoms. The van der Waals surface area contributed by atoms with Crippen molar-refractivity contribution in [1.29, 1.82) is 0 Å². The SMILES string of the molecule is COc1ccc(C2C(C(=O)OC(C)C)=C(C)N=c3s/c(=C/c4cccc5ccccc45)c(=O)n32)cc1. The van der Waals surface area contributed by atoms with E-state index in [-0.39, 0.29) is 11.7 Å². The highest BCUT2D eigenvalue weighted by atomic mass is 32.1. The van der Waals surface area contributed by atoms with Gasteiger partial charge in [0.05, 0.1) is 35.1 Å². The molecule has 3 aromatic carbocycles. The van der Waals surface area contributed by atoms with Gasteiger partial charge in [-0.05, 0) is 60.9 Å². The molecule has 0 bridgehead atoms. The fourth-order valence-corrected chi connectivity index (χ4v) is 5.52. The predicted octanol–water partition coefficient (Wildman–Crippen LogP) is 4.35. The number of methoxy groups -OCH3 is 1. The Morgan fingerprint density at radius 2 is 1.78 bits per heavy atom. The Bertz CT molecular complexity index is 1670. The van der Waals surface area contributed by atoms with Gasteiger partial charge in [-0.15, -0.1) is 0 Å². The van der Waals surface area contributed by atoms with Crippen molar-refractivity contribution in [1.82, 2.24) is 4.57 Å². The number of hydrogen-bond donors (Lipinski definition) is 0. The van der Waals surface area contributed by atoms with Crippen molar-refractivity contribution in [3.8, 4) is 5.75 Å². The maximum absolute atomic E-state index is 13.8. The summed E-state index contributed by atoms with van der Waals surface area (Å²) in [5.74, 6) is 0.213. The van der Waals surface area contributed by atoms with Crippen LogP contribution in [0, 0.1) is 0 Å². The van der Waals surface area contributed by atoms with Crippen molar-refractivity contribution < 1.29 is 14.3 Å². The second-order valence-electron chi connectivity index (χ2n) is 8.88. The molecule has 0 aliphatic carbocycles. The Morgan fingerprint density at radius 1 is 1.06 bits per heavy atom. The summed E-state index contributed by atoms with van der Waals surface area (Å²) in [6.07, 6.45) is 1.60.